The van der Waals surface area contributed by atoms with Crippen molar-refractivity contribution < 1.29 is 19.5 Å². The molecule has 0 unspecified atom stereocenters. The van der Waals surface area contributed by atoms with Crippen LogP contribution in [-0.2, 0) is 9.59 Å². The van der Waals surface area contributed by atoms with Crippen LogP contribution in [0.3, 0.4) is 0 Å². The predicted octanol–water partition coefficient (Wildman–Crippen LogP) is 2.99. The molecule has 2 aromatic carbocycles. The fourth-order valence-electron chi connectivity index (χ4n) is 3.00. The third kappa shape index (κ3) is 3.59. The number of amides is 2. The van der Waals surface area contributed by atoms with E-state index >= 15 is 0 Å². The highest BCUT2D eigenvalue weighted by atomic mass is 16.4. The van der Waals surface area contributed by atoms with Gasteiger partial charge >= 0.3 is 5.97 Å². The molecule has 2 amide bonds. The second kappa shape index (κ2) is 7.00. The first-order valence-electron chi connectivity index (χ1n) is 8.37. The van der Waals surface area contributed by atoms with Crippen molar-refractivity contribution in [2.45, 2.75) is 20.3 Å². The lowest BCUT2D eigenvalue weighted by Crippen LogP contribution is -2.28. The van der Waals surface area contributed by atoms with Crippen molar-refractivity contribution in [1.82, 2.24) is 0 Å². The zero-order valence-electron chi connectivity index (χ0n) is 14.7. The van der Waals surface area contributed by atoms with Crippen LogP contribution in [0.1, 0.15) is 27.9 Å². The fraction of sp³-hybridized carbons (Fsp3) is 0.250. The van der Waals surface area contributed by atoms with Crippen LogP contribution in [0.5, 0.6) is 0 Å². The minimum Gasteiger partial charge on any atom is -0.478 e. The van der Waals surface area contributed by atoms with E-state index in [-0.39, 0.29) is 23.8 Å². The Labute approximate surface area is 151 Å². The van der Waals surface area contributed by atoms with Gasteiger partial charge in [-0.25, -0.2) is 4.79 Å². The highest BCUT2D eigenvalue weighted by Gasteiger charge is 2.35. The van der Waals surface area contributed by atoms with E-state index in [0.29, 0.717) is 12.2 Å². The molecule has 0 aliphatic carbocycles. The molecule has 0 saturated carbocycles. The number of carbonyl (C=O) groups is 3. The number of nitrogens with zero attached hydrogens (tertiary/aromatic N) is 1. The Kier molecular flexibility index (Phi) is 4.75. The third-order valence-corrected chi connectivity index (χ3v) is 4.68. The van der Waals surface area contributed by atoms with Crippen LogP contribution in [0, 0.1) is 19.8 Å². The highest BCUT2D eigenvalue weighted by molar-refractivity contribution is 6.03. The molecule has 2 N–H and O–H groups in total. The van der Waals surface area contributed by atoms with Crippen LogP contribution < -0.4 is 10.2 Å². The lowest BCUT2D eigenvalue weighted by Gasteiger charge is -2.18. The van der Waals surface area contributed by atoms with E-state index in [9.17, 15) is 14.4 Å². The summed E-state index contributed by atoms with van der Waals surface area (Å²) < 4.78 is 0. The van der Waals surface area contributed by atoms with Crippen LogP contribution >= 0.6 is 0 Å². The second-order valence-electron chi connectivity index (χ2n) is 6.55. The van der Waals surface area contributed by atoms with Gasteiger partial charge in [0.25, 0.3) is 0 Å². The predicted molar refractivity (Wildman–Crippen MR) is 98.4 cm³/mol. The van der Waals surface area contributed by atoms with E-state index in [4.69, 9.17) is 5.11 Å². The standard InChI is InChI=1S/C20H20N2O4/c1-12-6-7-17(8-13(12)2)22-11-15(10-18(22)23)19(24)21-16-5-3-4-14(9-16)20(25)26/h3-9,15H,10-11H2,1-2H3,(H,21,24)(H,25,26)/t15-/m1/s1. The lowest BCUT2D eigenvalue weighted by atomic mass is 10.1. The number of hydrogen-bond donors (Lipinski definition) is 2. The molecule has 134 valence electrons. The maximum atomic E-state index is 12.5. The van der Waals surface area contributed by atoms with Crippen LogP contribution in [0.25, 0.3) is 0 Å². The molecule has 0 aromatic heterocycles. The van der Waals surface area contributed by atoms with Crippen molar-refractivity contribution in [3.63, 3.8) is 0 Å². The van der Waals surface area contributed by atoms with Gasteiger partial charge in [-0.15, -0.1) is 0 Å². The van der Waals surface area contributed by atoms with Gasteiger partial charge in [-0.3, -0.25) is 9.59 Å². The lowest BCUT2D eigenvalue weighted by molar-refractivity contribution is -0.122. The van der Waals surface area contributed by atoms with E-state index < -0.39 is 11.9 Å². The maximum absolute atomic E-state index is 12.5. The Hall–Kier alpha value is -3.15. The minimum atomic E-state index is -1.06. The van der Waals surface area contributed by atoms with E-state index in [1.165, 1.54) is 12.1 Å². The Balaban J connectivity index is 1.71. The molecule has 1 fully saturated rings. The number of carboxylic acids is 1. The van der Waals surface area contributed by atoms with Gasteiger partial charge in [0.1, 0.15) is 0 Å². The number of aryl methyl sites for hydroxylation is 2. The quantitative estimate of drug-likeness (QED) is 0.886. The second-order valence-corrected chi connectivity index (χ2v) is 6.55. The van der Waals surface area contributed by atoms with Crippen LogP contribution in [-0.4, -0.2) is 29.4 Å². The van der Waals surface area contributed by atoms with E-state index in [1.54, 1.807) is 17.0 Å². The van der Waals surface area contributed by atoms with Crippen LogP contribution in [0.2, 0.25) is 0 Å². The number of benzene rings is 2. The molecule has 1 saturated heterocycles. The summed E-state index contributed by atoms with van der Waals surface area (Å²) in [5.74, 6) is -1.91. The minimum absolute atomic E-state index is 0.0901. The van der Waals surface area contributed by atoms with Gasteiger partial charge < -0.3 is 15.3 Å². The number of rotatable bonds is 4. The van der Waals surface area contributed by atoms with Gasteiger partial charge in [-0.1, -0.05) is 12.1 Å². The number of aromatic carboxylic acids is 1. The van der Waals surface area contributed by atoms with Crippen molar-refractivity contribution in [1.29, 1.82) is 0 Å². The molecule has 1 atom stereocenters. The summed E-state index contributed by atoms with van der Waals surface area (Å²) in [5, 5.41) is 11.7. The first-order valence-corrected chi connectivity index (χ1v) is 8.37. The molecule has 3 rings (SSSR count). The summed E-state index contributed by atoms with van der Waals surface area (Å²) in [6.45, 7) is 4.30. The number of hydrogen-bond acceptors (Lipinski definition) is 3. The Morgan fingerprint density at radius 3 is 2.58 bits per heavy atom. The molecule has 1 aliphatic heterocycles. The number of anilines is 2. The van der Waals surface area contributed by atoms with Gasteiger partial charge in [0.15, 0.2) is 0 Å². The average molecular weight is 352 g/mol. The number of nitrogens with one attached hydrogen (secondary N) is 1. The molecule has 0 spiro atoms. The molecule has 2 aromatic rings. The monoisotopic (exact) mass is 352 g/mol. The summed E-state index contributed by atoms with van der Waals surface area (Å²) in [4.78, 5) is 37.5. The topological polar surface area (TPSA) is 86.7 Å². The highest BCUT2D eigenvalue weighted by Crippen LogP contribution is 2.27. The first kappa shape index (κ1) is 17.7. The molecule has 1 heterocycles. The zero-order chi connectivity index (χ0) is 18.8. The van der Waals surface area contributed by atoms with Crippen molar-refractivity contribution in [2.75, 3.05) is 16.8 Å². The summed E-state index contributed by atoms with van der Waals surface area (Å²) in [6, 6.07) is 11.8. The van der Waals surface area contributed by atoms with Gasteiger partial charge in [-0.2, -0.15) is 0 Å². The van der Waals surface area contributed by atoms with E-state index in [2.05, 4.69) is 5.32 Å². The average Bonchev–Trinajstić information content (AvgIpc) is 2.99. The summed E-state index contributed by atoms with van der Waals surface area (Å²) in [6.07, 6.45) is 0.136. The molecule has 6 nitrogen and oxygen atoms in total. The molecule has 1 aliphatic rings. The molecule has 0 radical (unpaired) electrons. The van der Waals surface area contributed by atoms with Crippen molar-refractivity contribution in [3.8, 4) is 0 Å². The van der Waals surface area contributed by atoms with Crippen molar-refractivity contribution >= 4 is 29.2 Å². The molecule has 26 heavy (non-hydrogen) atoms. The van der Waals surface area contributed by atoms with Gasteiger partial charge in [0.05, 0.1) is 11.5 Å². The molecule has 6 heteroatoms. The maximum Gasteiger partial charge on any atom is 0.335 e. The Morgan fingerprint density at radius 2 is 1.88 bits per heavy atom. The van der Waals surface area contributed by atoms with Crippen LogP contribution in [0.4, 0.5) is 11.4 Å². The Morgan fingerprint density at radius 1 is 1.12 bits per heavy atom. The van der Waals surface area contributed by atoms with Gasteiger partial charge in [0, 0.05) is 24.3 Å². The van der Waals surface area contributed by atoms with Crippen LogP contribution in [0.15, 0.2) is 42.5 Å². The van der Waals surface area contributed by atoms with Crippen molar-refractivity contribution in [2.24, 2.45) is 5.92 Å². The SMILES string of the molecule is Cc1ccc(N2C[C@H](C(=O)Nc3cccc(C(=O)O)c3)CC2=O)cc1C. The molecule has 0 bridgehead atoms. The van der Waals surface area contributed by atoms with E-state index in [1.807, 2.05) is 32.0 Å². The molecular weight excluding hydrogens is 332 g/mol. The van der Waals surface area contributed by atoms with Crippen molar-refractivity contribution in [3.05, 3.63) is 59.2 Å². The number of carbonyl (C=O) groups excluding carboxylic acids is 2. The van der Waals surface area contributed by atoms with Gasteiger partial charge in [-0.05, 0) is 55.3 Å². The Bertz CT molecular complexity index is 891. The fourth-order valence-corrected chi connectivity index (χ4v) is 3.00. The summed E-state index contributed by atoms with van der Waals surface area (Å²) >= 11 is 0. The number of carboxylic acid groups (broad SMARTS) is 1. The first-order chi connectivity index (χ1) is 12.3. The molecular formula is C20H20N2O4. The zero-order valence-corrected chi connectivity index (χ0v) is 14.7. The van der Waals surface area contributed by atoms with Gasteiger partial charge in [0.2, 0.25) is 11.8 Å². The largest absolute Gasteiger partial charge is 0.478 e. The summed E-state index contributed by atoms with van der Waals surface area (Å²) in [5.41, 5.74) is 3.54. The third-order valence-electron chi connectivity index (χ3n) is 4.68. The smallest absolute Gasteiger partial charge is 0.335 e. The van der Waals surface area contributed by atoms with E-state index in [0.717, 1.165) is 16.8 Å². The summed E-state index contributed by atoms with van der Waals surface area (Å²) in [7, 11) is 0. The normalized spacial score (nSPS) is 16.6.